The van der Waals surface area contributed by atoms with Gasteiger partial charge in [-0.25, -0.2) is 4.99 Å². The maximum atomic E-state index is 12.4. The number of aliphatic imine (C=N–C) groups is 1. The number of nitrogens with zero attached hydrogens (tertiary/aromatic N) is 1. The van der Waals surface area contributed by atoms with Crippen molar-refractivity contribution in [2.24, 2.45) is 4.99 Å². The fourth-order valence-corrected chi connectivity index (χ4v) is 4.37. The van der Waals surface area contributed by atoms with Gasteiger partial charge in [0, 0.05) is 0 Å². The van der Waals surface area contributed by atoms with Crippen LogP contribution in [0.15, 0.2) is 107 Å². The quantitative estimate of drug-likeness (QED) is 0.373. The van der Waals surface area contributed by atoms with E-state index in [1.54, 1.807) is 0 Å². The SMILES string of the molecule is O=C1NC(=Nc2ccccc2)S/C1=C/c1cccc(OCc2cccc3ccccc23)c1. The van der Waals surface area contributed by atoms with Crippen LogP contribution in [0, 0.1) is 0 Å². The minimum atomic E-state index is -0.147. The lowest BCUT2D eigenvalue weighted by molar-refractivity contribution is -0.115. The average Bonchev–Trinajstić information content (AvgIpc) is 3.16. The van der Waals surface area contributed by atoms with Gasteiger partial charge in [-0.2, -0.15) is 0 Å². The van der Waals surface area contributed by atoms with Gasteiger partial charge in [0.25, 0.3) is 5.91 Å². The molecule has 1 fully saturated rings. The van der Waals surface area contributed by atoms with Gasteiger partial charge >= 0.3 is 0 Å². The summed E-state index contributed by atoms with van der Waals surface area (Å²) in [5, 5.41) is 5.80. The number of amidine groups is 1. The van der Waals surface area contributed by atoms with Crippen molar-refractivity contribution in [2.45, 2.75) is 6.61 Å². The van der Waals surface area contributed by atoms with Gasteiger partial charge in [0.1, 0.15) is 12.4 Å². The molecule has 0 atom stereocenters. The number of hydrogen-bond donors (Lipinski definition) is 1. The molecule has 1 saturated heterocycles. The van der Waals surface area contributed by atoms with Crippen LogP contribution in [-0.4, -0.2) is 11.1 Å². The van der Waals surface area contributed by atoms with Crippen molar-refractivity contribution >= 4 is 45.4 Å². The van der Waals surface area contributed by atoms with Crippen molar-refractivity contribution in [1.82, 2.24) is 5.32 Å². The van der Waals surface area contributed by atoms with Gasteiger partial charge in [0.05, 0.1) is 10.6 Å². The van der Waals surface area contributed by atoms with E-state index < -0.39 is 0 Å². The number of amides is 1. The van der Waals surface area contributed by atoms with Crippen molar-refractivity contribution in [3.8, 4) is 5.75 Å². The van der Waals surface area contributed by atoms with Crippen LogP contribution in [0.4, 0.5) is 5.69 Å². The van der Waals surface area contributed by atoms with Crippen LogP contribution < -0.4 is 10.1 Å². The van der Waals surface area contributed by atoms with Gasteiger partial charge in [-0.3, -0.25) is 4.79 Å². The number of fused-ring (bicyclic) bond motifs is 1. The number of para-hydroxylation sites is 1. The van der Waals surface area contributed by atoms with Crippen LogP contribution in [0.1, 0.15) is 11.1 Å². The van der Waals surface area contributed by atoms with Crippen molar-refractivity contribution in [2.75, 3.05) is 0 Å². The molecule has 1 N–H and O–H groups in total. The molecule has 32 heavy (non-hydrogen) atoms. The number of hydrogen-bond acceptors (Lipinski definition) is 4. The third kappa shape index (κ3) is 4.58. The molecule has 0 spiro atoms. The Morgan fingerprint density at radius 3 is 2.56 bits per heavy atom. The summed E-state index contributed by atoms with van der Waals surface area (Å²) in [6, 6.07) is 31.9. The number of carbonyl (C=O) groups is 1. The Balaban J connectivity index is 1.31. The highest BCUT2D eigenvalue weighted by atomic mass is 32.2. The largest absolute Gasteiger partial charge is 0.489 e. The van der Waals surface area contributed by atoms with E-state index in [4.69, 9.17) is 4.74 Å². The highest BCUT2D eigenvalue weighted by Crippen LogP contribution is 2.29. The maximum Gasteiger partial charge on any atom is 0.264 e. The van der Waals surface area contributed by atoms with Crippen LogP contribution in [0.5, 0.6) is 5.75 Å². The fraction of sp³-hybridized carbons (Fsp3) is 0.0370. The van der Waals surface area contributed by atoms with Crippen LogP contribution >= 0.6 is 11.8 Å². The summed E-state index contributed by atoms with van der Waals surface area (Å²) in [6.07, 6.45) is 1.86. The van der Waals surface area contributed by atoms with E-state index in [0.717, 1.165) is 22.6 Å². The van der Waals surface area contributed by atoms with Crippen LogP contribution in [0.2, 0.25) is 0 Å². The summed E-state index contributed by atoms with van der Waals surface area (Å²) in [6.45, 7) is 0.477. The average molecular weight is 437 g/mol. The molecule has 4 aromatic carbocycles. The first-order valence-corrected chi connectivity index (χ1v) is 11.1. The molecular weight excluding hydrogens is 416 g/mol. The van der Waals surface area contributed by atoms with Crippen molar-refractivity contribution in [1.29, 1.82) is 0 Å². The number of nitrogens with one attached hydrogen (secondary N) is 1. The standard InChI is InChI=1S/C27H20N2O2S/c30-26-25(32-27(29-26)28-22-12-2-1-3-13-22)17-19-8-6-14-23(16-19)31-18-21-11-7-10-20-9-4-5-15-24(20)21/h1-17H,18H2,(H,28,29,30)/b25-17+. The third-order valence-corrected chi connectivity index (χ3v) is 5.98. The Bertz CT molecular complexity index is 1340. The Morgan fingerprint density at radius 2 is 1.66 bits per heavy atom. The highest BCUT2D eigenvalue weighted by molar-refractivity contribution is 8.18. The van der Waals surface area contributed by atoms with E-state index in [-0.39, 0.29) is 5.91 Å². The Hall–Kier alpha value is -3.83. The van der Waals surface area contributed by atoms with E-state index >= 15 is 0 Å². The molecule has 0 unspecified atom stereocenters. The fourth-order valence-electron chi connectivity index (χ4n) is 3.53. The number of thioether (sulfide) groups is 1. The van der Waals surface area contributed by atoms with E-state index in [1.165, 1.54) is 22.5 Å². The first-order valence-electron chi connectivity index (χ1n) is 10.3. The molecule has 5 heteroatoms. The third-order valence-electron chi connectivity index (χ3n) is 5.07. The van der Waals surface area contributed by atoms with E-state index in [1.807, 2.05) is 78.9 Å². The zero-order valence-electron chi connectivity index (χ0n) is 17.2. The van der Waals surface area contributed by atoms with Crippen LogP contribution in [0.25, 0.3) is 16.8 Å². The lowest BCUT2D eigenvalue weighted by atomic mass is 10.1. The summed E-state index contributed by atoms with van der Waals surface area (Å²) in [7, 11) is 0. The van der Waals surface area contributed by atoms with Crippen LogP contribution in [-0.2, 0) is 11.4 Å². The summed E-state index contributed by atoms with van der Waals surface area (Å²) in [4.78, 5) is 17.5. The Kier molecular flexibility index (Phi) is 5.73. The second-order valence-corrected chi connectivity index (χ2v) is 8.35. The molecule has 0 bridgehead atoms. The minimum absolute atomic E-state index is 0.147. The molecule has 0 aliphatic carbocycles. The first-order chi connectivity index (χ1) is 15.7. The van der Waals surface area contributed by atoms with Crippen molar-refractivity contribution in [3.63, 3.8) is 0 Å². The van der Waals surface area contributed by atoms with Crippen LogP contribution in [0.3, 0.4) is 0 Å². The predicted octanol–water partition coefficient (Wildman–Crippen LogP) is 6.31. The number of rotatable bonds is 5. The minimum Gasteiger partial charge on any atom is -0.489 e. The van der Waals surface area contributed by atoms with Gasteiger partial charge in [0.15, 0.2) is 5.17 Å². The molecule has 0 aromatic heterocycles. The molecule has 5 rings (SSSR count). The number of ether oxygens (including phenoxy) is 1. The molecular formula is C27H20N2O2S. The van der Waals surface area contributed by atoms with E-state index in [9.17, 15) is 4.79 Å². The second kappa shape index (κ2) is 9.12. The molecule has 4 nitrogen and oxygen atoms in total. The summed E-state index contributed by atoms with van der Waals surface area (Å²) >= 11 is 1.34. The summed E-state index contributed by atoms with van der Waals surface area (Å²) < 4.78 is 6.07. The molecule has 1 heterocycles. The second-order valence-electron chi connectivity index (χ2n) is 7.32. The molecule has 4 aromatic rings. The lowest BCUT2D eigenvalue weighted by Gasteiger charge is -2.09. The molecule has 1 amide bonds. The van der Waals surface area contributed by atoms with Gasteiger partial charge in [-0.05, 0) is 64.0 Å². The maximum absolute atomic E-state index is 12.4. The number of carbonyl (C=O) groups excluding carboxylic acids is 1. The van der Waals surface area contributed by atoms with Gasteiger partial charge in [-0.1, -0.05) is 72.8 Å². The molecule has 1 aliphatic heterocycles. The highest BCUT2D eigenvalue weighted by Gasteiger charge is 2.23. The zero-order chi connectivity index (χ0) is 21.8. The Morgan fingerprint density at radius 1 is 0.875 bits per heavy atom. The van der Waals surface area contributed by atoms with E-state index in [0.29, 0.717) is 16.7 Å². The summed E-state index contributed by atoms with van der Waals surface area (Å²) in [5.41, 5.74) is 2.85. The monoisotopic (exact) mass is 436 g/mol. The van der Waals surface area contributed by atoms with Gasteiger partial charge in [0.2, 0.25) is 0 Å². The molecule has 0 saturated carbocycles. The molecule has 156 valence electrons. The van der Waals surface area contributed by atoms with Crippen molar-refractivity contribution in [3.05, 3.63) is 113 Å². The number of benzene rings is 4. The normalized spacial score (nSPS) is 15.9. The topological polar surface area (TPSA) is 50.7 Å². The predicted molar refractivity (Wildman–Crippen MR) is 132 cm³/mol. The van der Waals surface area contributed by atoms with Gasteiger partial charge < -0.3 is 10.1 Å². The molecule has 1 aliphatic rings. The van der Waals surface area contributed by atoms with Crippen molar-refractivity contribution < 1.29 is 9.53 Å². The summed E-state index contributed by atoms with van der Waals surface area (Å²) in [5.74, 6) is 0.612. The zero-order valence-corrected chi connectivity index (χ0v) is 18.0. The lowest BCUT2D eigenvalue weighted by Crippen LogP contribution is -2.19. The van der Waals surface area contributed by atoms with E-state index in [2.05, 4.69) is 34.6 Å². The Labute approximate surface area is 190 Å². The smallest absolute Gasteiger partial charge is 0.264 e. The van der Waals surface area contributed by atoms with Gasteiger partial charge in [-0.15, -0.1) is 0 Å². The first kappa shape index (κ1) is 20.1. The molecule has 0 radical (unpaired) electrons.